The van der Waals surface area contributed by atoms with Crippen molar-refractivity contribution < 1.29 is 9.84 Å². The summed E-state index contributed by atoms with van der Waals surface area (Å²) in [6.07, 6.45) is 10.0. The highest BCUT2D eigenvalue weighted by atomic mass is 16.5. The standard InChI is InChI=1S/C18H20O2/c1-4-7-15-13-18(10-5-2,11-6-3)16-9-8-14(19)12-17(16)20-15/h4-6,8-9,12-13,19H,1-3,7,10-11H2. The van der Waals surface area contributed by atoms with Gasteiger partial charge in [0, 0.05) is 23.5 Å². The van der Waals surface area contributed by atoms with E-state index in [1.54, 1.807) is 12.1 Å². The third kappa shape index (κ3) is 2.55. The Bertz CT molecular complexity index is 557. The summed E-state index contributed by atoms with van der Waals surface area (Å²) in [5, 5.41) is 9.67. The maximum Gasteiger partial charge on any atom is 0.134 e. The van der Waals surface area contributed by atoms with Crippen LogP contribution < -0.4 is 4.74 Å². The zero-order valence-corrected chi connectivity index (χ0v) is 11.6. The molecule has 0 unspecified atom stereocenters. The van der Waals surface area contributed by atoms with Crippen LogP contribution in [-0.4, -0.2) is 5.11 Å². The Balaban J connectivity index is 2.59. The molecule has 20 heavy (non-hydrogen) atoms. The summed E-state index contributed by atoms with van der Waals surface area (Å²) in [7, 11) is 0. The number of aromatic hydroxyl groups is 1. The normalized spacial score (nSPS) is 15.5. The largest absolute Gasteiger partial charge is 0.508 e. The first-order valence-corrected chi connectivity index (χ1v) is 6.71. The van der Waals surface area contributed by atoms with E-state index in [0.29, 0.717) is 12.2 Å². The minimum atomic E-state index is -0.205. The van der Waals surface area contributed by atoms with Gasteiger partial charge in [0.05, 0.1) is 0 Å². The van der Waals surface area contributed by atoms with Crippen molar-refractivity contribution in [2.45, 2.75) is 24.7 Å². The van der Waals surface area contributed by atoms with Gasteiger partial charge in [-0.25, -0.2) is 0 Å². The molecule has 0 spiro atoms. The number of allylic oxidation sites excluding steroid dienone is 4. The third-order valence-electron chi connectivity index (χ3n) is 3.54. The van der Waals surface area contributed by atoms with Crippen LogP contribution in [0.3, 0.4) is 0 Å². The van der Waals surface area contributed by atoms with E-state index in [9.17, 15) is 5.11 Å². The molecule has 0 radical (unpaired) electrons. The van der Waals surface area contributed by atoms with Gasteiger partial charge in [-0.2, -0.15) is 0 Å². The van der Waals surface area contributed by atoms with Crippen LogP contribution in [-0.2, 0) is 5.41 Å². The number of rotatable bonds is 6. The van der Waals surface area contributed by atoms with Crippen molar-refractivity contribution in [3.63, 3.8) is 0 Å². The summed E-state index contributed by atoms with van der Waals surface area (Å²) in [5.74, 6) is 1.75. The lowest BCUT2D eigenvalue weighted by Crippen LogP contribution is -2.27. The molecule has 0 aliphatic carbocycles. The van der Waals surface area contributed by atoms with E-state index in [-0.39, 0.29) is 11.2 Å². The SMILES string of the molecule is C=CCC1=CC(CC=C)(CC=C)c2ccc(O)cc2O1. The molecule has 1 aromatic carbocycles. The van der Waals surface area contributed by atoms with Crippen molar-refractivity contribution in [2.24, 2.45) is 0 Å². The lowest BCUT2D eigenvalue weighted by molar-refractivity contribution is 0.355. The Kier molecular flexibility index (Phi) is 4.14. The summed E-state index contributed by atoms with van der Waals surface area (Å²) in [5.41, 5.74) is 0.853. The molecule has 1 aliphatic heterocycles. The molecule has 104 valence electrons. The first-order chi connectivity index (χ1) is 9.65. The van der Waals surface area contributed by atoms with Crippen molar-refractivity contribution in [1.29, 1.82) is 0 Å². The minimum absolute atomic E-state index is 0.203. The number of phenolic OH excluding ortho intramolecular Hbond substituents is 1. The minimum Gasteiger partial charge on any atom is -0.508 e. The predicted molar refractivity (Wildman–Crippen MR) is 82.9 cm³/mol. The third-order valence-corrected chi connectivity index (χ3v) is 3.54. The second-order valence-electron chi connectivity index (χ2n) is 5.03. The van der Waals surface area contributed by atoms with E-state index < -0.39 is 0 Å². The van der Waals surface area contributed by atoms with Gasteiger partial charge < -0.3 is 9.84 Å². The fraction of sp³-hybridized carbons (Fsp3) is 0.222. The predicted octanol–water partition coefficient (Wildman–Crippen LogP) is 4.63. The average Bonchev–Trinajstić information content (AvgIpc) is 2.39. The van der Waals surface area contributed by atoms with Gasteiger partial charge >= 0.3 is 0 Å². The lowest BCUT2D eigenvalue weighted by Gasteiger charge is -2.35. The monoisotopic (exact) mass is 268 g/mol. The quantitative estimate of drug-likeness (QED) is 0.762. The molecule has 0 bridgehead atoms. The van der Waals surface area contributed by atoms with Crippen molar-refractivity contribution in [2.75, 3.05) is 0 Å². The topological polar surface area (TPSA) is 29.5 Å². The van der Waals surface area contributed by atoms with Gasteiger partial charge in [0.2, 0.25) is 0 Å². The number of hydrogen-bond donors (Lipinski definition) is 1. The molecule has 1 aromatic rings. The molecule has 0 atom stereocenters. The highest BCUT2D eigenvalue weighted by Gasteiger charge is 2.35. The fourth-order valence-corrected chi connectivity index (χ4v) is 2.74. The number of fused-ring (bicyclic) bond motifs is 1. The van der Waals surface area contributed by atoms with Gasteiger partial charge in [0.1, 0.15) is 17.3 Å². The molecule has 2 heteroatoms. The van der Waals surface area contributed by atoms with Crippen LogP contribution in [0, 0.1) is 0 Å². The lowest BCUT2D eigenvalue weighted by atomic mass is 9.73. The maximum atomic E-state index is 9.67. The molecule has 1 aliphatic rings. The van der Waals surface area contributed by atoms with Gasteiger partial charge in [-0.3, -0.25) is 0 Å². The Morgan fingerprint density at radius 2 is 1.80 bits per heavy atom. The highest BCUT2D eigenvalue weighted by molar-refractivity contribution is 5.51. The molecule has 2 nitrogen and oxygen atoms in total. The van der Waals surface area contributed by atoms with Crippen LogP contribution in [0.15, 0.2) is 68.0 Å². The molecule has 0 saturated carbocycles. The Hall–Kier alpha value is -2.22. The summed E-state index contributed by atoms with van der Waals surface area (Å²) >= 11 is 0. The summed E-state index contributed by atoms with van der Waals surface area (Å²) < 4.78 is 5.86. The highest BCUT2D eigenvalue weighted by Crippen LogP contribution is 2.45. The Morgan fingerprint density at radius 3 is 2.40 bits per heavy atom. The summed E-state index contributed by atoms with van der Waals surface area (Å²) in [6, 6.07) is 5.26. The van der Waals surface area contributed by atoms with Crippen LogP contribution in [0.25, 0.3) is 0 Å². The van der Waals surface area contributed by atoms with Crippen molar-refractivity contribution in [1.82, 2.24) is 0 Å². The molecule has 1 N–H and O–H groups in total. The molecule has 0 fully saturated rings. The first-order valence-electron chi connectivity index (χ1n) is 6.71. The Labute approximate surface area is 120 Å². The van der Waals surface area contributed by atoms with E-state index in [0.717, 1.165) is 24.2 Å². The Morgan fingerprint density at radius 1 is 1.10 bits per heavy atom. The molecule has 0 saturated heterocycles. The van der Waals surface area contributed by atoms with Crippen molar-refractivity contribution >= 4 is 0 Å². The van der Waals surface area contributed by atoms with E-state index in [4.69, 9.17) is 4.74 Å². The maximum absolute atomic E-state index is 9.67. The van der Waals surface area contributed by atoms with Crippen LogP contribution >= 0.6 is 0 Å². The molecular formula is C18H20O2. The number of benzene rings is 1. The van der Waals surface area contributed by atoms with Crippen LogP contribution in [0.1, 0.15) is 24.8 Å². The van der Waals surface area contributed by atoms with Gasteiger partial charge in [-0.1, -0.05) is 24.3 Å². The average molecular weight is 268 g/mol. The second kappa shape index (κ2) is 5.83. The number of phenols is 1. The zero-order chi connectivity index (χ0) is 14.6. The summed E-state index contributed by atoms with van der Waals surface area (Å²) in [6.45, 7) is 11.5. The van der Waals surface area contributed by atoms with E-state index in [1.807, 2.05) is 24.3 Å². The number of ether oxygens (including phenoxy) is 1. The van der Waals surface area contributed by atoms with Gasteiger partial charge in [-0.05, 0) is 25.0 Å². The van der Waals surface area contributed by atoms with Gasteiger partial charge in [0.15, 0.2) is 0 Å². The molecule has 0 aromatic heterocycles. The van der Waals surface area contributed by atoms with Crippen LogP contribution in [0.5, 0.6) is 11.5 Å². The molecular weight excluding hydrogens is 248 g/mol. The van der Waals surface area contributed by atoms with Gasteiger partial charge in [0.25, 0.3) is 0 Å². The van der Waals surface area contributed by atoms with E-state index in [2.05, 4.69) is 25.8 Å². The molecule has 0 amide bonds. The van der Waals surface area contributed by atoms with E-state index in [1.165, 1.54) is 0 Å². The fourth-order valence-electron chi connectivity index (χ4n) is 2.74. The van der Waals surface area contributed by atoms with Crippen LogP contribution in [0.2, 0.25) is 0 Å². The van der Waals surface area contributed by atoms with Gasteiger partial charge in [-0.15, -0.1) is 19.7 Å². The zero-order valence-electron chi connectivity index (χ0n) is 11.6. The molecule has 2 rings (SSSR count). The van der Waals surface area contributed by atoms with Crippen molar-refractivity contribution in [3.8, 4) is 11.5 Å². The first kappa shape index (κ1) is 14.2. The second-order valence-corrected chi connectivity index (χ2v) is 5.03. The van der Waals surface area contributed by atoms with Crippen molar-refractivity contribution in [3.05, 3.63) is 73.6 Å². The summed E-state index contributed by atoms with van der Waals surface area (Å²) in [4.78, 5) is 0. The molecule has 1 heterocycles. The van der Waals surface area contributed by atoms with E-state index >= 15 is 0 Å². The number of hydrogen-bond acceptors (Lipinski definition) is 2. The smallest absolute Gasteiger partial charge is 0.134 e. The van der Waals surface area contributed by atoms with Crippen LogP contribution in [0.4, 0.5) is 0 Å².